The number of benzene rings is 1. The second kappa shape index (κ2) is 8.47. The van der Waals surface area contributed by atoms with Crippen LogP contribution in [0.25, 0.3) is 21.6 Å². The van der Waals surface area contributed by atoms with Crippen LogP contribution in [-0.4, -0.2) is 26.8 Å². The van der Waals surface area contributed by atoms with Crippen LogP contribution in [0.1, 0.15) is 36.1 Å². The van der Waals surface area contributed by atoms with Gasteiger partial charge in [-0.2, -0.15) is 4.98 Å². The molecule has 1 aliphatic carbocycles. The van der Waals surface area contributed by atoms with Crippen molar-refractivity contribution in [2.45, 2.75) is 50.1 Å². The van der Waals surface area contributed by atoms with Crippen molar-refractivity contribution in [2.24, 2.45) is 0 Å². The molecule has 0 radical (unpaired) electrons. The first-order valence-corrected chi connectivity index (χ1v) is 12.1. The van der Waals surface area contributed by atoms with E-state index in [0.717, 1.165) is 40.8 Å². The van der Waals surface area contributed by atoms with E-state index < -0.39 is 0 Å². The lowest BCUT2D eigenvalue weighted by molar-refractivity contribution is 0.391. The van der Waals surface area contributed by atoms with E-state index in [0.29, 0.717) is 29.2 Å². The Morgan fingerprint density at radius 1 is 1.26 bits per heavy atom. The van der Waals surface area contributed by atoms with Crippen molar-refractivity contribution in [3.63, 3.8) is 0 Å². The van der Waals surface area contributed by atoms with Crippen LogP contribution >= 0.6 is 23.1 Å². The number of rotatable bonds is 6. The van der Waals surface area contributed by atoms with E-state index in [1.165, 1.54) is 28.6 Å². The summed E-state index contributed by atoms with van der Waals surface area (Å²) in [6, 6.07) is 7.53. The zero-order chi connectivity index (χ0) is 21.4. The van der Waals surface area contributed by atoms with E-state index in [2.05, 4.69) is 10.1 Å². The Bertz CT molecular complexity index is 1310. The largest absolute Gasteiger partial charge is 0.497 e. The van der Waals surface area contributed by atoms with Crippen molar-refractivity contribution >= 4 is 33.3 Å². The fourth-order valence-corrected chi connectivity index (χ4v) is 6.13. The molecule has 0 amide bonds. The maximum atomic E-state index is 13.2. The predicted octanol–water partition coefficient (Wildman–Crippen LogP) is 4.71. The molecule has 9 heteroatoms. The van der Waals surface area contributed by atoms with Crippen LogP contribution in [0.15, 0.2) is 38.7 Å². The smallest absolute Gasteiger partial charge is 0.263 e. The molecule has 0 spiro atoms. The van der Waals surface area contributed by atoms with Crippen LogP contribution in [0.3, 0.4) is 0 Å². The number of thioether (sulfide) groups is 1. The molecule has 0 saturated carbocycles. The quantitative estimate of drug-likeness (QED) is 0.308. The molecule has 3 aromatic heterocycles. The van der Waals surface area contributed by atoms with Gasteiger partial charge < -0.3 is 9.26 Å². The van der Waals surface area contributed by atoms with Crippen LogP contribution in [0.2, 0.25) is 0 Å². The highest BCUT2D eigenvalue weighted by Crippen LogP contribution is 2.35. The van der Waals surface area contributed by atoms with Gasteiger partial charge in [-0.1, -0.05) is 29.1 Å². The highest BCUT2D eigenvalue weighted by molar-refractivity contribution is 7.98. The van der Waals surface area contributed by atoms with Crippen LogP contribution in [0.5, 0.6) is 5.75 Å². The zero-order valence-corrected chi connectivity index (χ0v) is 19.0. The number of hydrogen-bond donors (Lipinski definition) is 0. The molecular formula is C22H22N4O3S2. The molecule has 1 aromatic carbocycles. The SMILES string of the molecule is CCn1c(SCc2nc(-c3cccc(OC)c3)no2)nc2sc3c(c2c1=O)CCCC3. The van der Waals surface area contributed by atoms with Gasteiger partial charge in [0.2, 0.25) is 11.7 Å². The van der Waals surface area contributed by atoms with E-state index in [4.69, 9.17) is 14.2 Å². The molecule has 0 unspecified atom stereocenters. The monoisotopic (exact) mass is 454 g/mol. The summed E-state index contributed by atoms with van der Waals surface area (Å²) in [4.78, 5) is 24.8. The molecular weight excluding hydrogens is 432 g/mol. The molecule has 5 rings (SSSR count). The maximum absolute atomic E-state index is 13.2. The van der Waals surface area contributed by atoms with E-state index in [1.807, 2.05) is 31.2 Å². The zero-order valence-electron chi connectivity index (χ0n) is 17.4. The summed E-state index contributed by atoms with van der Waals surface area (Å²) >= 11 is 3.13. The highest BCUT2D eigenvalue weighted by Gasteiger charge is 2.22. The van der Waals surface area contributed by atoms with Gasteiger partial charge in [0.05, 0.1) is 18.2 Å². The van der Waals surface area contributed by atoms with Crippen LogP contribution < -0.4 is 10.3 Å². The summed E-state index contributed by atoms with van der Waals surface area (Å²) in [7, 11) is 1.62. The van der Waals surface area contributed by atoms with Gasteiger partial charge in [-0.25, -0.2) is 4.98 Å². The highest BCUT2D eigenvalue weighted by atomic mass is 32.2. The average Bonchev–Trinajstić information content (AvgIpc) is 3.42. The molecule has 31 heavy (non-hydrogen) atoms. The Kier molecular flexibility index (Phi) is 5.54. The molecule has 0 atom stereocenters. The Labute approximate surface area is 187 Å². The first kappa shape index (κ1) is 20.3. The molecule has 0 fully saturated rings. The van der Waals surface area contributed by atoms with E-state index in [1.54, 1.807) is 23.0 Å². The Balaban J connectivity index is 1.42. The van der Waals surface area contributed by atoms with Gasteiger partial charge in [-0.3, -0.25) is 9.36 Å². The summed E-state index contributed by atoms with van der Waals surface area (Å²) in [6.45, 7) is 2.55. The second-order valence-electron chi connectivity index (χ2n) is 7.37. The Morgan fingerprint density at radius 3 is 2.97 bits per heavy atom. The number of hydrogen-bond acceptors (Lipinski definition) is 8. The topological polar surface area (TPSA) is 83.0 Å². The number of thiophene rings is 1. The third-order valence-electron chi connectivity index (χ3n) is 5.48. The summed E-state index contributed by atoms with van der Waals surface area (Å²) in [6.07, 6.45) is 4.38. The van der Waals surface area contributed by atoms with E-state index >= 15 is 0 Å². The van der Waals surface area contributed by atoms with Crippen molar-refractivity contribution in [1.29, 1.82) is 0 Å². The second-order valence-corrected chi connectivity index (χ2v) is 9.39. The van der Waals surface area contributed by atoms with Gasteiger partial charge in [0.25, 0.3) is 5.56 Å². The van der Waals surface area contributed by atoms with Gasteiger partial charge in [0.15, 0.2) is 5.16 Å². The first-order chi connectivity index (χ1) is 15.2. The minimum atomic E-state index is 0.0667. The van der Waals surface area contributed by atoms with Crippen LogP contribution in [0.4, 0.5) is 0 Å². The fraction of sp³-hybridized carbons (Fsp3) is 0.364. The molecule has 0 bridgehead atoms. The molecule has 0 saturated heterocycles. The molecule has 160 valence electrons. The van der Waals surface area contributed by atoms with Crippen molar-refractivity contribution < 1.29 is 9.26 Å². The van der Waals surface area contributed by atoms with Crippen LogP contribution in [0, 0.1) is 0 Å². The number of ether oxygens (including phenoxy) is 1. The van der Waals surface area contributed by atoms with Crippen LogP contribution in [-0.2, 0) is 25.1 Å². The Hall–Kier alpha value is -2.65. The number of aromatic nitrogens is 4. The minimum absolute atomic E-state index is 0.0667. The number of aryl methyl sites for hydroxylation is 2. The standard InChI is InChI=1S/C22H22N4O3S2/c1-3-26-21(27)18-15-9-4-5-10-16(15)31-20(18)24-22(26)30-12-17-23-19(25-29-17)13-7-6-8-14(11-13)28-2/h6-8,11H,3-5,9-10,12H2,1-2H3. The number of fused-ring (bicyclic) bond motifs is 3. The Morgan fingerprint density at radius 2 is 2.13 bits per heavy atom. The van der Waals surface area contributed by atoms with E-state index in [-0.39, 0.29) is 5.56 Å². The van der Waals surface area contributed by atoms with Gasteiger partial charge >= 0.3 is 0 Å². The molecule has 1 aliphatic rings. The lowest BCUT2D eigenvalue weighted by Crippen LogP contribution is -2.23. The van der Waals surface area contributed by atoms with E-state index in [9.17, 15) is 4.79 Å². The number of methoxy groups -OCH3 is 1. The van der Waals surface area contributed by atoms with Crippen molar-refractivity contribution in [3.05, 3.63) is 51.0 Å². The van der Waals surface area contributed by atoms with Crippen molar-refractivity contribution in [2.75, 3.05) is 7.11 Å². The average molecular weight is 455 g/mol. The lowest BCUT2D eigenvalue weighted by Gasteiger charge is -2.11. The summed E-state index contributed by atoms with van der Waals surface area (Å²) in [5.74, 6) is 2.18. The molecule has 4 aromatic rings. The van der Waals surface area contributed by atoms with Gasteiger partial charge in [0.1, 0.15) is 10.6 Å². The van der Waals surface area contributed by atoms with Gasteiger partial charge in [-0.05, 0) is 50.3 Å². The molecule has 3 heterocycles. The molecule has 0 N–H and O–H groups in total. The van der Waals surface area contributed by atoms with Crippen molar-refractivity contribution in [3.8, 4) is 17.1 Å². The fourth-order valence-electron chi connectivity index (χ4n) is 3.93. The predicted molar refractivity (Wildman–Crippen MR) is 122 cm³/mol. The lowest BCUT2D eigenvalue weighted by atomic mass is 9.97. The molecule has 0 aliphatic heterocycles. The minimum Gasteiger partial charge on any atom is -0.497 e. The van der Waals surface area contributed by atoms with Gasteiger partial charge in [0, 0.05) is 17.0 Å². The molecule has 7 nitrogen and oxygen atoms in total. The third kappa shape index (κ3) is 3.76. The maximum Gasteiger partial charge on any atom is 0.263 e. The normalized spacial score (nSPS) is 13.5. The third-order valence-corrected chi connectivity index (χ3v) is 7.62. The number of nitrogens with zero attached hydrogens (tertiary/aromatic N) is 4. The van der Waals surface area contributed by atoms with Crippen molar-refractivity contribution in [1.82, 2.24) is 19.7 Å². The summed E-state index contributed by atoms with van der Waals surface area (Å²) < 4.78 is 12.5. The summed E-state index contributed by atoms with van der Waals surface area (Å²) in [5, 5.41) is 5.60. The summed E-state index contributed by atoms with van der Waals surface area (Å²) in [5.41, 5.74) is 2.12. The van der Waals surface area contributed by atoms with Gasteiger partial charge in [-0.15, -0.1) is 11.3 Å². The first-order valence-electron chi connectivity index (χ1n) is 10.3.